The first-order chi connectivity index (χ1) is 6.06. The van der Waals surface area contributed by atoms with Crippen molar-refractivity contribution in [3.8, 4) is 0 Å². The maximum Gasteiger partial charge on any atom is 0.257 e. The third kappa shape index (κ3) is 2.46. The first kappa shape index (κ1) is 10.1. The number of carbonyl (C=O) groups excluding carboxylic acids is 1. The normalized spacial score (nSPS) is 11.3. The fourth-order valence-electron chi connectivity index (χ4n) is 0.568. The molecular weight excluding hydrogens is 190 g/mol. The van der Waals surface area contributed by atoms with Crippen LogP contribution in [0.2, 0.25) is 0 Å². The number of methoxy groups -OCH3 is 1. The molecule has 0 aromatic carbocycles. The molecule has 1 aromatic heterocycles. The first-order valence-corrected chi connectivity index (χ1v) is 4.57. The molecule has 0 bridgehead atoms. The minimum atomic E-state index is -0.842. The average molecular weight is 201 g/mol. The Morgan fingerprint density at radius 1 is 1.69 bits per heavy atom. The Morgan fingerprint density at radius 2 is 2.38 bits per heavy atom. The van der Waals surface area contributed by atoms with E-state index in [1.54, 1.807) is 19.4 Å². The number of hydrogen-bond donors (Lipinski definition) is 1. The molecule has 0 atom stereocenters. The Balaban J connectivity index is 2.61. The van der Waals surface area contributed by atoms with E-state index in [1.807, 2.05) is 0 Å². The minimum absolute atomic E-state index is 0.230. The summed E-state index contributed by atoms with van der Waals surface area (Å²) in [4.78, 5) is 11.5. The van der Waals surface area contributed by atoms with Gasteiger partial charge in [-0.1, -0.05) is 11.3 Å². The van der Waals surface area contributed by atoms with Crippen molar-refractivity contribution in [2.75, 3.05) is 12.4 Å². The number of rotatable bonds is 3. The lowest BCUT2D eigenvalue weighted by Gasteiger charge is -2.20. The summed E-state index contributed by atoms with van der Waals surface area (Å²) in [6.45, 7) is 3.37. The van der Waals surface area contributed by atoms with E-state index in [9.17, 15) is 4.79 Å². The highest BCUT2D eigenvalue weighted by Crippen LogP contribution is 2.13. The number of amides is 1. The summed E-state index contributed by atoms with van der Waals surface area (Å²) in [5.74, 6) is -0.230. The average Bonchev–Trinajstić information content (AvgIpc) is 2.57. The number of nitrogens with zero attached hydrogens (tertiary/aromatic N) is 2. The highest BCUT2D eigenvalue weighted by molar-refractivity contribution is 7.13. The maximum absolute atomic E-state index is 11.5. The molecule has 0 unspecified atom stereocenters. The molecule has 0 saturated carbocycles. The van der Waals surface area contributed by atoms with E-state index >= 15 is 0 Å². The smallest absolute Gasteiger partial charge is 0.257 e. The van der Waals surface area contributed by atoms with Gasteiger partial charge in [-0.2, -0.15) is 0 Å². The van der Waals surface area contributed by atoms with E-state index in [-0.39, 0.29) is 5.91 Å². The molecule has 6 heteroatoms. The SMILES string of the molecule is COC(C)(C)C(=O)Nc1nncs1. The van der Waals surface area contributed by atoms with Crippen molar-refractivity contribution in [2.45, 2.75) is 19.4 Å². The van der Waals surface area contributed by atoms with Gasteiger partial charge in [-0.3, -0.25) is 10.1 Å². The minimum Gasteiger partial charge on any atom is -0.369 e. The topological polar surface area (TPSA) is 64.1 Å². The van der Waals surface area contributed by atoms with Gasteiger partial charge < -0.3 is 4.74 Å². The maximum atomic E-state index is 11.5. The molecule has 1 rings (SSSR count). The summed E-state index contributed by atoms with van der Waals surface area (Å²) in [6.07, 6.45) is 0. The summed E-state index contributed by atoms with van der Waals surface area (Å²) in [6, 6.07) is 0. The van der Waals surface area contributed by atoms with Crippen LogP contribution >= 0.6 is 11.3 Å². The van der Waals surface area contributed by atoms with Gasteiger partial charge in [0.1, 0.15) is 11.1 Å². The third-order valence-electron chi connectivity index (χ3n) is 1.64. The van der Waals surface area contributed by atoms with Crippen LogP contribution in [0.15, 0.2) is 5.51 Å². The summed E-state index contributed by atoms with van der Waals surface area (Å²) in [5.41, 5.74) is 0.709. The van der Waals surface area contributed by atoms with Gasteiger partial charge >= 0.3 is 0 Å². The van der Waals surface area contributed by atoms with Crippen LogP contribution in [-0.4, -0.2) is 28.8 Å². The van der Waals surface area contributed by atoms with E-state index in [0.717, 1.165) is 0 Å². The molecule has 0 spiro atoms. The van der Waals surface area contributed by atoms with Gasteiger partial charge in [0.05, 0.1) is 0 Å². The van der Waals surface area contributed by atoms with Crippen molar-refractivity contribution in [1.82, 2.24) is 10.2 Å². The van der Waals surface area contributed by atoms with E-state index in [4.69, 9.17) is 4.74 Å². The summed E-state index contributed by atoms with van der Waals surface area (Å²) < 4.78 is 4.99. The Bertz CT molecular complexity index is 284. The fourth-order valence-corrected chi connectivity index (χ4v) is 1.01. The zero-order valence-corrected chi connectivity index (χ0v) is 8.51. The molecule has 72 valence electrons. The fraction of sp³-hybridized carbons (Fsp3) is 0.571. The van der Waals surface area contributed by atoms with Crippen LogP contribution in [0.4, 0.5) is 5.13 Å². The van der Waals surface area contributed by atoms with Crippen LogP contribution in [-0.2, 0) is 9.53 Å². The molecule has 13 heavy (non-hydrogen) atoms. The van der Waals surface area contributed by atoms with Crippen LogP contribution < -0.4 is 5.32 Å². The molecule has 0 aliphatic heterocycles. The quantitative estimate of drug-likeness (QED) is 0.789. The number of hydrogen-bond acceptors (Lipinski definition) is 5. The van der Waals surface area contributed by atoms with Gasteiger partial charge in [0, 0.05) is 7.11 Å². The standard InChI is InChI=1S/C7H11N3O2S/c1-7(2,12-3)5(11)9-6-10-8-4-13-6/h4H,1-3H3,(H,9,10,11). The molecule has 1 N–H and O–H groups in total. The van der Waals surface area contributed by atoms with E-state index in [1.165, 1.54) is 18.4 Å². The third-order valence-corrected chi connectivity index (χ3v) is 2.24. The highest BCUT2D eigenvalue weighted by atomic mass is 32.1. The zero-order chi connectivity index (χ0) is 9.90. The Morgan fingerprint density at radius 3 is 2.85 bits per heavy atom. The lowest BCUT2D eigenvalue weighted by atomic mass is 10.1. The Kier molecular flexibility index (Phi) is 2.94. The van der Waals surface area contributed by atoms with Crippen molar-refractivity contribution in [1.29, 1.82) is 0 Å². The molecular formula is C7H11N3O2S. The summed E-state index contributed by atoms with van der Waals surface area (Å²) >= 11 is 1.27. The van der Waals surface area contributed by atoms with E-state index < -0.39 is 5.60 Å². The number of ether oxygens (including phenoxy) is 1. The molecule has 0 aliphatic carbocycles. The van der Waals surface area contributed by atoms with Crippen molar-refractivity contribution in [2.24, 2.45) is 0 Å². The van der Waals surface area contributed by atoms with Crippen LogP contribution in [0.5, 0.6) is 0 Å². The van der Waals surface area contributed by atoms with Gasteiger partial charge in [0.2, 0.25) is 5.13 Å². The molecule has 0 saturated heterocycles. The lowest BCUT2D eigenvalue weighted by Crippen LogP contribution is -2.38. The molecule has 0 aliphatic rings. The summed E-state index contributed by atoms with van der Waals surface area (Å²) in [5, 5.41) is 10.4. The number of aromatic nitrogens is 2. The molecule has 1 heterocycles. The molecule has 0 radical (unpaired) electrons. The second-order valence-corrected chi connectivity index (χ2v) is 3.75. The molecule has 1 aromatic rings. The Labute approximate surface area is 80.1 Å². The van der Waals surface area contributed by atoms with Crippen molar-refractivity contribution in [3.05, 3.63) is 5.51 Å². The summed E-state index contributed by atoms with van der Waals surface area (Å²) in [7, 11) is 1.49. The Hall–Kier alpha value is -1.01. The predicted molar refractivity (Wildman–Crippen MR) is 49.6 cm³/mol. The predicted octanol–water partition coefficient (Wildman–Crippen LogP) is 0.902. The molecule has 5 nitrogen and oxygen atoms in total. The van der Waals surface area contributed by atoms with Crippen LogP contribution in [0.3, 0.4) is 0 Å². The number of anilines is 1. The highest BCUT2D eigenvalue weighted by Gasteiger charge is 2.27. The van der Waals surface area contributed by atoms with Crippen LogP contribution in [0.1, 0.15) is 13.8 Å². The van der Waals surface area contributed by atoms with Gasteiger partial charge in [0.15, 0.2) is 0 Å². The molecule has 0 fully saturated rings. The van der Waals surface area contributed by atoms with Crippen molar-refractivity contribution >= 4 is 22.4 Å². The number of nitrogens with one attached hydrogen (secondary N) is 1. The van der Waals surface area contributed by atoms with Gasteiger partial charge in [-0.15, -0.1) is 10.2 Å². The zero-order valence-electron chi connectivity index (χ0n) is 7.70. The lowest BCUT2D eigenvalue weighted by molar-refractivity contribution is -0.133. The van der Waals surface area contributed by atoms with Gasteiger partial charge in [0.25, 0.3) is 5.91 Å². The molecule has 1 amide bonds. The largest absolute Gasteiger partial charge is 0.369 e. The van der Waals surface area contributed by atoms with Gasteiger partial charge in [-0.25, -0.2) is 0 Å². The van der Waals surface area contributed by atoms with Gasteiger partial charge in [-0.05, 0) is 13.8 Å². The first-order valence-electron chi connectivity index (χ1n) is 3.69. The van der Waals surface area contributed by atoms with Crippen molar-refractivity contribution in [3.63, 3.8) is 0 Å². The van der Waals surface area contributed by atoms with Crippen LogP contribution in [0.25, 0.3) is 0 Å². The van der Waals surface area contributed by atoms with E-state index in [2.05, 4.69) is 15.5 Å². The number of carbonyl (C=O) groups is 1. The second kappa shape index (κ2) is 3.80. The van der Waals surface area contributed by atoms with Crippen molar-refractivity contribution < 1.29 is 9.53 Å². The second-order valence-electron chi connectivity index (χ2n) is 2.91. The monoisotopic (exact) mass is 201 g/mol. The van der Waals surface area contributed by atoms with Crippen LogP contribution in [0, 0.1) is 0 Å². The van der Waals surface area contributed by atoms with E-state index in [0.29, 0.717) is 5.13 Å².